The fraction of sp³-hybridized carbons (Fsp3) is 0.273. The Kier molecular flexibility index (Phi) is 4.58. The van der Waals surface area contributed by atoms with Crippen molar-refractivity contribution in [1.29, 1.82) is 0 Å². The lowest BCUT2D eigenvalue weighted by Gasteiger charge is -2.16. The van der Waals surface area contributed by atoms with Gasteiger partial charge in [0.2, 0.25) is 0 Å². The SMILES string of the molecule is Cc1cccc(C)c1NC1=CC(c2ccccc2)=NC1=NC(C)(C)C. The monoisotopic (exact) mass is 331 g/mol. The average molecular weight is 331 g/mol. The van der Waals surface area contributed by atoms with Crippen LogP contribution in [-0.4, -0.2) is 17.1 Å². The van der Waals surface area contributed by atoms with E-state index in [9.17, 15) is 0 Å². The van der Waals surface area contributed by atoms with Gasteiger partial charge >= 0.3 is 0 Å². The molecule has 0 bridgehead atoms. The zero-order chi connectivity index (χ0) is 18.0. The Morgan fingerprint density at radius 3 is 2.12 bits per heavy atom. The summed E-state index contributed by atoms with van der Waals surface area (Å²) >= 11 is 0. The number of anilines is 1. The molecule has 0 saturated heterocycles. The lowest BCUT2D eigenvalue weighted by Crippen LogP contribution is -2.16. The van der Waals surface area contributed by atoms with E-state index in [2.05, 4.69) is 76.3 Å². The van der Waals surface area contributed by atoms with Crippen molar-refractivity contribution in [3.05, 3.63) is 77.0 Å². The molecule has 0 aliphatic carbocycles. The number of amidine groups is 1. The molecule has 1 N–H and O–H groups in total. The van der Waals surface area contributed by atoms with Gasteiger partial charge in [-0.25, -0.2) is 4.99 Å². The van der Waals surface area contributed by atoms with E-state index in [1.165, 1.54) is 11.1 Å². The molecule has 0 fully saturated rings. The molecule has 1 heterocycles. The lowest BCUT2D eigenvalue weighted by molar-refractivity contribution is 0.583. The molecule has 2 aromatic carbocycles. The number of hydrogen-bond acceptors (Lipinski definition) is 2. The van der Waals surface area contributed by atoms with Crippen molar-refractivity contribution in [3.63, 3.8) is 0 Å². The highest BCUT2D eigenvalue weighted by molar-refractivity contribution is 6.25. The van der Waals surface area contributed by atoms with E-state index in [1.54, 1.807) is 0 Å². The molecule has 0 aromatic heterocycles. The molecule has 2 aromatic rings. The van der Waals surface area contributed by atoms with Gasteiger partial charge in [0.05, 0.1) is 16.9 Å². The summed E-state index contributed by atoms with van der Waals surface area (Å²) in [5, 5.41) is 3.57. The standard InChI is InChI=1S/C22H25N3/c1-15-10-9-11-16(2)20(15)23-19-14-18(17-12-7-6-8-13-17)24-21(19)25-22(3,4)5/h6-14H,1-5H3,(H,23,24,25). The minimum Gasteiger partial charge on any atom is -0.352 e. The van der Waals surface area contributed by atoms with Crippen molar-refractivity contribution in [2.24, 2.45) is 9.98 Å². The third kappa shape index (κ3) is 4.05. The summed E-state index contributed by atoms with van der Waals surface area (Å²) in [6, 6.07) is 16.5. The summed E-state index contributed by atoms with van der Waals surface area (Å²) in [4.78, 5) is 9.61. The van der Waals surface area contributed by atoms with Gasteiger partial charge < -0.3 is 5.32 Å². The predicted octanol–water partition coefficient (Wildman–Crippen LogP) is 5.30. The highest BCUT2D eigenvalue weighted by Gasteiger charge is 2.21. The summed E-state index contributed by atoms with van der Waals surface area (Å²) in [7, 11) is 0. The van der Waals surface area contributed by atoms with Crippen LogP contribution in [0.1, 0.15) is 37.5 Å². The Labute approximate surface area is 150 Å². The van der Waals surface area contributed by atoms with Gasteiger partial charge in [-0.2, -0.15) is 0 Å². The van der Waals surface area contributed by atoms with E-state index in [-0.39, 0.29) is 5.54 Å². The molecule has 0 atom stereocenters. The van der Waals surface area contributed by atoms with Crippen molar-refractivity contribution in [2.45, 2.75) is 40.2 Å². The molecule has 0 spiro atoms. The van der Waals surface area contributed by atoms with E-state index in [0.717, 1.165) is 28.5 Å². The van der Waals surface area contributed by atoms with E-state index >= 15 is 0 Å². The van der Waals surface area contributed by atoms with Crippen LogP contribution in [0.2, 0.25) is 0 Å². The second-order valence-electron chi connectivity index (χ2n) is 7.42. The molecule has 25 heavy (non-hydrogen) atoms. The maximum atomic E-state index is 4.82. The smallest absolute Gasteiger partial charge is 0.172 e. The fourth-order valence-electron chi connectivity index (χ4n) is 2.81. The van der Waals surface area contributed by atoms with E-state index < -0.39 is 0 Å². The van der Waals surface area contributed by atoms with Gasteiger partial charge in [0.1, 0.15) is 0 Å². The first-order valence-corrected chi connectivity index (χ1v) is 8.63. The Bertz CT molecular complexity index is 846. The number of rotatable bonds is 3. The zero-order valence-electron chi connectivity index (χ0n) is 15.6. The van der Waals surface area contributed by atoms with Crippen LogP contribution < -0.4 is 5.32 Å². The molecule has 1 aliphatic rings. The van der Waals surface area contributed by atoms with Gasteiger partial charge in [-0.05, 0) is 51.8 Å². The minimum absolute atomic E-state index is 0.188. The Balaban J connectivity index is 2.02. The quantitative estimate of drug-likeness (QED) is 0.814. The lowest BCUT2D eigenvalue weighted by atomic mass is 10.1. The number of para-hydroxylation sites is 1. The topological polar surface area (TPSA) is 36.8 Å². The van der Waals surface area contributed by atoms with Gasteiger partial charge in [-0.1, -0.05) is 48.5 Å². The summed E-state index contributed by atoms with van der Waals surface area (Å²) < 4.78 is 0. The van der Waals surface area contributed by atoms with E-state index in [1.807, 2.05) is 18.2 Å². The molecule has 3 heteroatoms. The molecular formula is C22H25N3. The van der Waals surface area contributed by atoms with Crippen LogP contribution in [0.15, 0.2) is 70.3 Å². The number of nitrogens with zero attached hydrogens (tertiary/aromatic N) is 2. The van der Waals surface area contributed by atoms with Crippen molar-refractivity contribution < 1.29 is 0 Å². The Morgan fingerprint density at radius 1 is 0.880 bits per heavy atom. The second kappa shape index (κ2) is 6.67. The summed E-state index contributed by atoms with van der Waals surface area (Å²) in [6.07, 6.45) is 2.09. The summed E-state index contributed by atoms with van der Waals surface area (Å²) in [5.41, 5.74) is 6.35. The van der Waals surface area contributed by atoms with Crippen molar-refractivity contribution in [1.82, 2.24) is 0 Å². The van der Waals surface area contributed by atoms with Crippen LogP contribution in [-0.2, 0) is 0 Å². The first kappa shape index (κ1) is 17.2. The highest BCUT2D eigenvalue weighted by atomic mass is 15.1. The maximum Gasteiger partial charge on any atom is 0.172 e. The molecule has 3 rings (SSSR count). The normalized spacial score (nSPS) is 16.0. The van der Waals surface area contributed by atoms with Crippen molar-refractivity contribution in [2.75, 3.05) is 5.32 Å². The van der Waals surface area contributed by atoms with Gasteiger partial charge in [0.15, 0.2) is 5.84 Å². The molecule has 0 amide bonds. The zero-order valence-corrected chi connectivity index (χ0v) is 15.6. The first-order valence-electron chi connectivity index (χ1n) is 8.63. The minimum atomic E-state index is -0.188. The number of hydrogen-bond donors (Lipinski definition) is 1. The molecule has 128 valence electrons. The van der Waals surface area contributed by atoms with Gasteiger partial charge in [0.25, 0.3) is 0 Å². The van der Waals surface area contributed by atoms with Gasteiger partial charge in [-0.3, -0.25) is 4.99 Å². The van der Waals surface area contributed by atoms with Crippen LogP contribution in [0.4, 0.5) is 5.69 Å². The summed E-state index contributed by atoms with van der Waals surface area (Å²) in [6.45, 7) is 10.5. The average Bonchev–Trinajstić information content (AvgIpc) is 2.93. The van der Waals surface area contributed by atoms with Crippen LogP contribution in [0.25, 0.3) is 0 Å². The number of nitrogens with one attached hydrogen (secondary N) is 1. The van der Waals surface area contributed by atoms with Crippen LogP contribution in [0.5, 0.6) is 0 Å². The fourth-order valence-corrected chi connectivity index (χ4v) is 2.81. The van der Waals surface area contributed by atoms with Gasteiger partial charge in [-0.15, -0.1) is 0 Å². The van der Waals surface area contributed by atoms with Crippen molar-refractivity contribution >= 4 is 17.2 Å². The third-order valence-electron chi connectivity index (χ3n) is 4.00. The third-order valence-corrected chi connectivity index (χ3v) is 4.00. The number of benzene rings is 2. The number of aryl methyl sites for hydroxylation is 2. The Morgan fingerprint density at radius 2 is 1.52 bits per heavy atom. The molecule has 1 aliphatic heterocycles. The van der Waals surface area contributed by atoms with Crippen LogP contribution in [0.3, 0.4) is 0 Å². The van der Waals surface area contributed by atoms with Crippen LogP contribution >= 0.6 is 0 Å². The second-order valence-corrected chi connectivity index (χ2v) is 7.42. The van der Waals surface area contributed by atoms with Crippen LogP contribution in [0, 0.1) is 13.8 Å². The largest absolute Gasteiger partial charge is 0.352 e. The summed E-state index contributed by atoms with van der Waals surface area (Å²) in [5.74, 6) is 0.758. The predicted molar refractivity (Wildman–Crippen MR) is 108 cm³/mol. The number of allylic oxidation sites excluding steroid dienone is 1. The first-order chi connectivity index (χ1) is 11.8. The molecule has 0 radical (unpaired) electrons. The molecule has 0 unspecified atom stereocenters. The molecule has 3 nitrogen and oxygen atoms in total. The molecule has 0 saturated carbocycles. The number of aliphatic imine (C=N–C) groups is 2. The molecular weight excluding hydrogens is 306 g/mol. The van der Waals surface area contributed by atoms with E-state index in [4.69, 9.17) is 9.98 Å². The van der Waals surface area contributed by atoms with Gasteiger partial charge in [0, 0.05) is 11.3 Å². The van der Waals surface area contributed by atoms with Crippen molar-refractivity contribution in [3.8, 4) is 0 Å². The Hall–Kier alpha value is -2.68. The highest BCUT2D eigenvalue weighted by Crippen LogP contribution is 2.25. The van der Waals surface area contributed by atoms with E-state index in [0.29, 0.717) is 0 Å². The maximum absolute atomic E-state index is 4.82.